The summed E-state index contributed by atoms with van der Waals surface area (Å²) in [6, 6.07) is 17.5. The minimum absolute atomic E-state index is 0.721. The fourth-order valence-corrected chi connectivity index (χ4v) is 3.64. The largest absolute Gasteiger partial charge is 0.298 e. The van der Waals surface area contributed by atoms with Gasteiger partial charge in [0.2, 0.25) is 0 Å². The minimum atomic E-state index is 0.721. The van der Waals surface area contributed by atoms with Crippen molar-refractivity contribution in [2.45, 2.75) is 46.0 Å². The lowest BCUT2D eigenvalue weighted by Gasteiger charge is -2.32. The molecule has 2 aromatic carbocycles. The second kappa shape index (κ2) is 8.44. The Bertz CT molecular complexity index is 710. The normalized spacial score (nSPS) is 17.0. The van der Waals surface area contributed by atoms with Crippen molar-refractivity contribution in [3.8, 4) is 0 Å². The zero-order chi connectivity index (χ0) is 17.6. The van der Waals surface area contributed by atoms with Crippen LogP contribution in [0, 0.1) is 13.8 Å². The molecular weight excluding hydrogens is 304 g/mol. The maximum absolute atomic E-state index is 4.98. The maximum Gasteiger partial charge on any atom is 0.0661 e. The summed E-state index contributed by atoms with van der Waals surface area (Å²) in [5, 5.41) is 0. The zero-order valence-corrected chi connectivity index (χ0v) is 15.8. The second-order valence-electron chi connectivity index (χ2n) is 7.28. The highest BCUT2D eigenvalue weighted by Gasteiger charge is 2.21. The van der Waals surface area contributed by atoms with Crippen LogP contribution in [0.4, 0.5) is 5.69 Å². The van der Waals surface area contributed by atoms with Gasteiger partial charge in [-0.1, -0.05) is 49.4 Å². The molecular formula is C23H30N2. The van der Waals surface area contributed by atoms with Crippen LogP contribution in [-0.2, 0) is 0 Å². The number of hydrogen-bond donors (Lipinski definition) is 0. The van der Waals surface area contributed by atoms with E-state index in [2.05, 4.69) is 74.2 Å². The molecule has 0 spiro atoms. The highest BCUT2D eigenvalue weighted by molar-refractivity contribution is 5.88. The summed E-state index contributed by atoms with van der Waals surface area (Å²) in [5.74, 6) is 0.721. The smallest absolute Gasteiger partial charge is 0.0661 e. The van der Waals surface area contributed by atoms with E-state index in [1.165, 1.54) is 48.3 Å². The number of aryl methyl sites for hydroxylation is 2. The Kier molecular flexibility index (Phi) is 6.04. The van der Waals surface area contributed by atoms with Gasteiger partial charge >= 0.3 is 0 Å². The molecule has 1 aliphatic rings. The van der Waals surface area contributed by atoms with E-state index >= 15 is 0 Å². The average Bonchev–Trinajstić information content (AvgIpc) is 2.65. The fourth-order valence-electron chi connectivity index (χ4n) is 3.64. The van der Waals surface area contributed by atoms with Gasteiger partial charge in [0.15, 0.2) is 0 Å². The molecule has 0 aromatic heterocycles. The minimum Gasteiger partial charge on any atom is -0.298 e. The van der Waals surface area contributed by atoms with Crippen molar-refractivity contribution < 1.29 is 0 Å². The zero-order valence-electron chi connectivity index (χ0n) is 15.8. The Morgan fingerprint density at radius 1 is 1.04 bits per heavy atom. The summed E-state index contributed by atoms with van der Waals surface area (Å²) >= 11 is 0. The van der Waals surface area contributed by atoms with Crippen molar-refractivity contribution in [2.24, 2.45) is 4.99 Å². The van der Waals surface area contributed by atoms with E-state index < -0.39 is 0 Å². The molecule has 0 aliphatic carbocycles. The van der Waals surface area contributed by atoms with Crippen LogP contribution in [0.2, 0.25) is 0 Å². The van der Waals surface area contributed by atoms with Crippen molar-refractivity contribution in [1.82, 2.24) is 4.90 Å². The highest BCUT2D eigenvalue weighted by Crippen LogP contribution is 2.28. The number of hydrogen-bond acceptors (Lipinski definition) is 2. The van der Waals surface area contributed by atoms with Crippen LogP contribution in [0.3, 0.4) is 0 Å². The molecule has 2 aromatic rings. The van der Waals surface area contributed by atoms with Gasteiger partial charge in [-0.3, -0.25) is 9.89 Å². The van der Waals surface area contributed by atoms with Gasteiger partial charge in [0, 0.05) is 12.3 Å². The van der Waals surface area contributed by atoms with Crippen LogP contribution in [0.25, 0.3) is 0 Å². The summed E-state index contributed by atoms with van der Waals surface area (Å²) < 4.78 is 0. The summed E-state index contributed by atoms with van der Waals surface area (Å²) in [6.45, 7) is 9.86. The lowest BCUT2D eigenvalue weighted by Crippen LogP contribution is -2.36. The quantitative estimate of drug-likeness (QED) is 0.644. The van der Waals surface area contributed by atoms with E-state index in [0.29, 0.717) is 0 Å². The summed E-state index contributed by atoms with van der Waals surface area (Å²) in [4.78, 5) is 7.56. The lowest BCUT2D eigenvalue weighted by atomic mass is 9.89. The SMILES string of the molecule is CCC(CN1CCC(c2ccccc2)CC1)=Nc1cc(C)ccc1C. The second-order valence-corrected chi connectivity index (χ2v) is 7.28. The Morgan fingerprint density at radius 2 is 1.76 bits per heavy atom. The molecule has 0 saturated carbocycles. The van der Waals surface area contributed by atoms with Crippen LogP contribution < -0.4 is 0 Å². The first kappa shape index (κ1) is 17.9. The van der Waals surface area contributed by atoms with Crippen LogP contribution in [-0.4, -0.2) is 30.2 Å². The van der Waals surface area contributed by atoms with Gasteiger partial charge in [-0.25, -0.2) is 0 Å². The predicted octanol–water partition coefficient (Wildman–Crippen LogP) is 5.67. The highest BCUT2D eigenvalue weighted by atomic mass is 15.1. The molecule has 1 fully saturated rings. The molecule has 2 nitrogen and oxygen atoms in total. The monoisotopic (exact) mass is 334 g/mol. The molecule has 0 N–H and O–H groups in total. The van der Waals surface area contributed by atoms with Gasteiger partial charge in [-0.15, -0.1) is 0 Å². The third kappa shape index (κ3) is 4.79. The molecule has 0 bridgehead atoms. The van der Waals surface area contributed by atoms with Crippen LogP contribution in [0.1, 0.15) is 48.8 Å². The van der Waals surface area contributed by atoms with E-state index in [1.54, 1.807) is 0 Å². The van der Waals surface area contributed by atoms with Crippen LogP contribution in [0.5, 0.6) is 0 Å². The topological polar surface area (TPSA) is 15.6 Å². The Labute approximate surface area is 152 Å². The van der Waals surface area contributed by atoms with E-state index in [-0.39, 0.29) is 0 Å². The number of rotatable bonds is 5. The van der Waals surface area contributed by atoms with Crippen molar-refractivity contribution >= 4 is 11.4 Å². The van der Waals surface area contributed by atoms with Crippen molar-refractivity contribution in [3.05, 3.63) is 65.2 Å². The first-order valence-electron chi connectivity index (χ1n) is 9.56. The molecule has 1 saturated heterocycles. The van der Waals surface area contributed by atoms with Gasteiger partial charge in [0.25, 0.3) is 0 Å². The van der Waals surface area contributed by atoms with Crippen LogP contribution in [0.15, 0.2) is 53.5 Å². The van der Waals surface area contributed by atoms with Gasteiger partial charge < -0.3 is 0 Å². The molecule has 1 aliphatic heterocycles. The third-order valence-electron chi connectivity index (χ3n) is 5.32. The van der Waals surface area contributed by atoms with E-state index in [4.69, 9.17) is 4.99 Å². The summed E-state index contributed by atoms with van der Waals surface area (Å²) in [5.41, 5.74) is 6.48. The molecule has 0 radical (unpaired) electrons. The maximum atomic E-state index is 4.98. The van der Waals surface area contributed by atoms with Crippen molar-refractivity contribution in [1.29, 1.82) is 0 Å². The first-order valence-corrected chi connectivity index (χ1v) is 9.56. The average molecular weight is 335 g/mol. The molecule has 0 unspecified atom stereocenters. The third-order valence-corrected chi connectivity index (χ3v) is 5.32. The number of nitrogens with zero attached hydrogens (tertiary/aromatic N) is 2. The fraction of sp³-hybridized carbons (Fsp3) is 0.435. The van der Waals surface area contributed by atoms with E-state index in [0.717, 1.165) is 24.6 Å². The standard InChI is InChI=1S/C23H30N2/c1-4-22(24-23-16-18(2)10-11-19(23)3)17-25-14-12-21(13-15-25)20-8-6-5-7-9-20/h5-11,16,21H,4,12-15,17H2,1-3H3. The number of benzene rings is 2. The van der Waals surface area contributed by atoms with E-state index in [9.17, 15) is 0 Å². The van der Waals surface area contributed by atoms with Crippen LogP contribution >= 0.6 is 0 Å². The molecule has 25 heavy (non-hydrogen) atoms. The Morgan fingerprint density at radius 3 is 2.44 bits per heavy atom. The van der Waals surface area contributed by atoms with Gasteiger partial charge in [0.1, 0.15) is 0 Å². The first-order chi connectivity index (χ1) is 12.2. The van der Waals surface area contributed by atoms with Gasteiger partial charge in [-0.2, -0.15) is 0 Å². The molecule has 132 valence electrons. The molecule has 0 amide bonds. The Balaban J connectivity index is 1.62. The molecule has 0 atom stereocenters. The summed E-state index contributed by atoms with van der Waals surface area (Å²) in [7, 11) is 0. The summed E-state index contributed by atoms with van der Waals surface area (Å²) in [6.07, 6.45) is 3.53. The van der Waals surface area contributed by atoms with Gasteiger partial charge in [0.05, 0.1) is 5.69 Å². The predicted molar refractivity (Wildman–Crippen MR) is 108 cm³/mol. The number of likely N-dealkylation sites (tertiary alicyclic amines) is 1. The molecule has 1 heterocycles. The van der Waals surface area contributed by atoms with Crippen molar-refractivity contribution in [2.75, 3.05) is 19.6 Å². The van der Waals surface area contributed by atoms with Crippen molar-refractivity contribution in [3.63, 3.8) is 0 Å². The lowest BCUT2D eigenvalue weighted by molar-refractivity contribution is 0.238. The van der Waals surface area contributed by atoms with E-state index in [1.807, 2.05) is 0 Å². The number of piperidine rings is 1. The van der Waals surface area contributed by atoms with Gasteiger partial charge in [-0.05, 0) is 74.9 Å². The molecule has 3 rings (SSSR count). The Hall–Kier alpha value is -1.93. The number of aliphatic imine (C=N–C) groups is 1. The molecule has 2 heteroatoms.